The van der Waals surface area contributed by atoms with Crippen LogP contribution in [0.3, 0.4) is 0 Å². The summed E-state index contributed by atoms with van der Waals surface area (Å²) in [6.07, 6.45) is 5.41. The molecule has 1 saturated heterocycles. The molecule has 2 N–H and O–H groups in total. The number of hydrogen-bond acceptors (Lipinski definition) is 5. The summed E-state index contributed by atoms with van der Waals surface area (Å²) in [5.74, 6) is 1.69. The first-order valence-electron chi connectivity index (χ1n) is 7.26. The fourth-order valence-corrected chi connectivity index (χ4v) is 3.57. The van der Waals surface area contributed by atoms with Crippen molar-refractivity contribution in [3.8, 4) is 10.8 Å². The van der Waals surface area contributed by atoms with Crippen molar-refractivity contribution in [3.05, 3.63) is 29.5 Å². The molecule has 0 radical (unpaired) electrons. The quantitative estimate of drug-likeness (QED) is 0.920. The molecule has 2 aromatic heterocycles. The second kappa shape index (κ2) is 6.52. The van der Waals surface area contributed by atoms with Gasteiger partial charge in [-0.25, -0.2) is 4.98 Å². The monoisotopic (exact) mass is 291 g/mol. The number of thiazole rings is 1. The average molecular weight is 291 g/mol. The zero-order valence-corrected chi connectivity index (χ0v) is 12.4. The Morgan fingerprint density at radius 3 is 2.95 bits per heavy atom. The van der Waals surface area contributed by atoms with Crippen LogP contribution in [-0.2, 0) is 6.54 Å². The summed E-state index contributed by atoms with van der Waals surface area (Å²) in [5.41, 5.74) is 6.79. The van der Waals surface area contributed by atoms with Gasteiger partial charge in [-0.05, 0) is 56.9 Å². The molecule has 5 heteroatoms. The van der Waals surface area contributed by atoms with Gasteiger partial charge in [0.05, 0.1) is 12.0 Å². The molecule has 20 heavy (non-hydrogen) atoms. The van der Waals surface area contributed by atoms with Crippen molar-refractivity contribution < 1.29 is 4.42 Å². The van der Waals surface area contributed by atoms with Crippen molar-refractivity contribution in [1.29, 1.82) is 0 Å². The topological polar surface area (TPSA) is 55.3 Å². The average Bonchev–Trinajstić information content (AvgIpc) is 3.12. The van der Waals surface area contributed by atoms with E-state index in [0.29, 0.717) is 0 Å². The Bertz CT molecular complexity index is 515. The minimum atomic E-state index is 0.823. The fraction of sp³-hybridized carbons (Fsp3) is 0.533. The second-order valence-electron chi connectivity index (χ2n) is 5.42. The molecule has 0 amide bonds. The molecule has 3 rings (SSSR count). The van der Waals surface area contributed by atoms with Crippen LogP contribution in [0.4, 0.5) is 0 Å². The van der Waals surface area contributed by atoms with Crippen molar-refractivity contribution in [3.63, 3.8) is 0 Å². The van der Waals surface area contributed by atoms with Gasteiger partial charge in [-0.3, -0.25) is 4.90 Å². The molecule has 0 unspecified atom stereocenters. The van der Waals surface area contributed by atoms with E-state index in [-0.39, 0.29) is 0 Å². The predicted molar refractivity (Wildman–Crippen MR) is 81.5 cm³/mol. The van der Waals surface area contributed by atoms with Crippen LogP contribution in [-0.4, -0.2) is 29.5 Å². The van der Waals surface area contributed by atoms with E-state index in [9.17, 15) is 0 Å². The molecule has 2 aromatic rings. The lowest BCUT2D eigenvalue weighted by atomic mass is 9.93. The van der Waals surface area contributed by atoms with Crippen LogP contribution in [0.1, 0.15) is 25.0 Å². The number of nitrogens with two attached hydrogens (primary N) is 1. The molecule has 0 saturated carbocycles. The maximum Gasteiger partial charge on any atom is 0.162 e. The Balaban J connectivity index is 1.54. The Labute approximate surface area is 123 Å². The zero-order chi connectivity index (χ0) is 13.8. The third kappa shape index (κ3) is 3.29. The largest absolute Gasteiger partial charge is 0.462 e. The molecule has 3 heterocycles. The number of nitrogens with zero attached hydrogens (tertiary/aromatic N) is 2. The van der Waals surface area contributed by atoms with E-state index in [4.69, 9.17) is 10.2 Å². The number of piperidine rings is 1. The minimum absolute atomic E-state index is 0.823. The number of furan rings is 1. The molecule has 1 aliphatic heterocycles. The van der Waals surface area contributed by atoms with E-state index in [1.165, 1.54) is 19.3 Å². The SMILES string of the molecule is NCCC1CCN(Cc2csc(-c3ccco3)n2)CC1. The predicted octanol–water partition coefficient (Wildman–Crippen LogP) is 2.96. The van der Waals surface area contributed by atoms with Gasteiger partial charge < -0.3 is 10.2 Å². The van der Waals surface area contributed by atoms with Crippen molar-refractivity contribution in [1.82, 2.24) is 9.88 Å². The molecule has 0 aliphatic carbocycles. The van der Waals surface area contributed by atoms with Crippen molar-refractivity contribution in [2.24, 2.45) is 11.7 Å². The Hall–Kier alpha value is -1.17. The Morgan fingerprint density at radius 2 is 2.25 bits per heavy atom. The highest BCUT2D eigenvalue weighted by Crippen LogP contribution is 2.26. The summed E-state index contributed by atoms with van der Waals surface area (Å²) in [6.45, 7) is 4.10. The molecule has 0 aromatic carbocycles. The highest BCUT2D eigenvalue weighted by Gasteiger charge is 2.19. The lowest BCUT2D eigenvalue weighted by Gasteiger charge is -2.31. The van der Waals surface area contributed by atoms with E-state index in [0.717, 1.165) is 48.6 Å². The van der Waals surface area contributed by atoms with Gasteiger partial charge in [0.15, 0.2) is 10.8 Å². The smallest absolute Gasteiger partial charge is 0.162 e. The van der Waals surface area contributed by atoms with Gasteiger partial charge in [0, 0.05) is 11.9 Å². The summed E-state index contributed by atoms with van der Waals surface area (Å²) in [7, 11) is 0. The molecule has 1 fully saturated rings. The Morgan fingerprint density at radius 1 is 1.40 bits per heavy atom. The lowest BCUT2D eigenvalue weighted by Crippen LogP contribution is -2.33. The third-order valence-corrected chi connectivity index (χ3v) is 4.86. The maximum absolute atomic E-state index is 5.64. The normalized spacial score (nSPS) is 17.6. The lowest BCUT2D eigenvalue weighted by molar-refractivity contribution is 0.172. The van der Waals surface area contributed by atoms with Crippen molar-refractivity contribution in [2.45, 2.75) is 25.8 Å². The molecule has 4 nitrogen and oxygen atoms in total. The summed E-state index contributed by atoms with van der Waals surface area (Å²) in [6, 6.07) is 3.86. The molecule has 0 atom stereocenters. The van der Waals surface area contributed by atoms with Crippen LogP contribution in [0.25, 0.3) is 10.8 Å². The fourth-order valence-electron chi connectivity index (χ4n) is 2.79. The molecular formula is C15H21N3OS. The summed E-state index contributed by atoms with van der Waals surface area (Å²) in [4.78, 5) is 7.16. The Kier molecular flexibility index (Phi) is 4.50. The van der Waals surface area contributed by atoms with Gasteiger partial charge in [-0.1, -0.05) is 0 Å². The van der Waals surface area contributed by atoms with Crippen LogP contribution >= 0.6 is 11.3 Å². The summed E-state index contributed by atoms with van der Waals surface area (Å²) in [5, 5.41) is 3.12. The van der Waals surface area contributed by atoms with E-state index in [1.807, 2.05) is 12.1 Å². The summed E-state index contributed by atoms with van der Waals surface area (Å²) >= 11 is 1.66. The van der Waals surface area contributed by atoms with Crippen LogP contribution in [0.15, 0.2) is 28.2 Å². The van der Waals surface area contributed by atoms with Crippen LogP contribution in [0, 0.1) is 5.92 Å². The number of hydrogen-bond donors (Lipinski definition) is 1. The highest BCUT2D eigenvalue weighted by atomic mass is 32.1. The van der Waals surface area contributed by atoms with Crippen LogP contribution in [0.5, 0.6) is 0 Å². The molecule has 1 aliphatic rings. The third-order valence-electron chi connectivity index (χ3n) is 3.95. The van der Waals surface area contributed by atoms with Crippen LogP contribution in [0.2, 0.25) is 0 Å². The van der Waals surface area contributed by atoms with E-state index in [2.05, 4.69) is 15.3 Å². The molecular weight excluding hydrogens is 270 g/mol. The van der Waals surface area contributed by atoms with Gasteiger partial charge in [-0.2, -0.15) is 0 Å². The minimum Gasteiger partial charge on any atom is -0.462 e. The van der Waals surface area contributed by atoms with Gasteiger partial charge in [0.1, 0.15) is 0 Å². The summed E-state index contributed by atoms with van der Waals surface area (Å²) < 4.78 is 5.39. The maximum atomic E-state index is 5.64. The van der Waals surface area contributed by atoms with E-state index < -0.39 is 0 Å². The molecule has 0 spiro atoms. The van der Waals surface area contributed by atoms with E-state index in [1.54, 1.807) is 17.6 Å². The first-order valence-corrected chi connectivity index (χ1v) is 8.14. The van der Waals surface area contributed by atoms with E-state index >= 15 is 0 Å². The standard InChI is InChI=1S/C15H21N3OS/c16-6-3-12-4-7-18(8-5-12)10-13-11-20-15(17-13)14-2-1-9-19-14/h1-2,9,11-12H,3-8,10,16H2. The van der Waals surface area contributed by atoms with Gasteiger partial charge in [0.2, 0.25) is 0 Å². The molecule has 0 bridgehead atoms. The van der Waals surface area contributed by atoms with Crippen molar-refractivity contribution >= 4 is 11.3 Å². The molecule has 108 valence electrons. The zero-order valence-electron chi connectivity index (χ0n) is 11.6. The highest BCUT2D eigenvalue weighted by molar-refractivity contribution is 7.13. The second-order valence-corrected chi connectivity index (χ2v) is 6.28. The number of likely N-dealkylation sites (tertiary alicyclic amines) is 1. The first kappa shape index (κ1) is 13.8. The number of rotatable bonds is 5. The van der Waals surface area contributed by atoms with Gasteiger partial charge in [0.25, 0.3) is 0 Å². The first-order chi connectivity index (χ1) is 9.85. The van der Waals surface area contributed by atoms with Crippen molar-refractivity contribution in [2.75, 3.05) is 19.6 Å². The van der Waals surface area contributed by atoms with Crippen LogP contribution < -0.4 is 5.73 Å². The van der Waals surface area contributed by atoms with Gasteiger partial charge in [-0.15, -0.1) is 11.3 Å². The number of aromatic nitrogens is 1. The van der Waals surface area contributed by atoms with Gasteiger partial charge >= 0.3 is 0 Å².